The Morgan fingerprint density at radius 2 is 1.68 bits per heavy atom. The Kier molecular flexibility index (Phi) is 3.84. The first-order valence-electron chi connectivity index (χ1n) is 6.12. The van der Waals surface area contributed by atoms with E-state index in [4.69, 9.17) is 4.74 Å². The fraction of sp³-hybridized carbons (Fsp3) is 0.250. The Morgan fingerprint density at radius 3 is 2.32 bits per heavy atom. The maximum atomic E-state index is 13.9. The van der Waals surface area contributed by atoms with Crippen LogP contribution in [0.1, 0.15) is 16.7 Å². The van der Waals surface area contributed by atoms with Gasteiger partial charge in [0.2, 0.25) is 0 Å². The predicted molar refractivity (Wildman–Crippen MR) is 71.7 cm³/mol. The van der Waals surface area contributed by atoms with Crippen LogP contribution < -0.4 is 4.74 Å². The summed E-state index contributed by atoms with van der Waals surface area (Å²) in [6.45, 7) is 3.15. The first-order valence-corrected chi connectivity index (χ1v) is 6.12. The molecule has 0 saturated heterocycles. The summed E-state index contributed by atoms with van der Waals surface area (Å²) >= 11 is 0. The molecule has 2 rings (SSSR count). The second-order valence-corrected chi connectivity index (χ2v) is 4.63. The molecular weight excluding hydrogens is 246 g/mol. The number of alkyl halides is 2. The number of hydrogen-bond acceptors (Lipinski definition) is 1. The molecule has 0 atom stereocenters. The third kappa shape index (κ3) is 3.31. The van der Waals surface area contributed by atoms with Crippen LogP contribution in [-0.4, -0.2) is 6.61 Å². The summed E-state index contributed by atoms with van der Waals surface area (Å²) in [7, 11) is 0. The lowest BCUT2D eigenvalue weighted by Crippen LogP contribution is -2.23. The predicted octanol–water partition coefficient (Wildman–Crippen LogP) is 4.47. The van der Waals surface area contributed by atoms with Crippen LogP contribution in [0.3, 0.4) is 0 Å². The number of halogens is 2. The van der Waals surface area contributed by atoms with Crippen molar-refractivity contribution < 1.29 is 13.5 Å². The molecule has 0 aliphatic carbocycles. The molecule has 0 unspecified atom stereocenters. The van der Waals surface area contributed by atoms with Gasteiger partial charge in [-0.25, -0.2) is 0 Å². The molecule has 19 heavy (non-hydrogen) atoms. The molecule has 1 nitrogen and oxygen atoms in total. The number of aryl methyl sites for hydroxylation is 2. The van der Waals surface area contributed by atoms with Gasteiger partial charge in [0.05, 0.1) is 0 Å². The zero-order chi connectivity index (χ0) is 13.9. The molecule has 0 aliphatic rings. The molecule has 0 radical (unpaired) electrons. The van der Waals surface area contributed by atoms with Crippen LogP contribution in [0, 0.1) is 13.8 Å². The van der Waals surface area contributed by atoms with Crippen molar-refractivity contribution >= 4 is 0 Å². The van der Waals surface area contributed by atoms with Crippen molar-refractivity contribution in [2.24, 2.45) is 0 Å². The van der Waals surface area contributed by atoms with Crippen molar-refractivity contribution in [1.29, 1.82) is 0 Å². The number of rotatable bonds is 4. The third-order valence-electron chi connectivity index (χ3n) is 2.94. The van der Waals surface area contributed by atoms with Gasteiger partial charge in [-0.1, -0.05) is 48.0 Å². The summed E-state index contributed by atoms with van der Waals surface area (Å²) in [5.41, 5.74) is 1.92. The molecule has 100 valence electrons. The van der Waals surface area contributed by atoms with Crippen LogP contribution in [0.15, 0.2) is 48.5 Å². The van der Waals surface area contributed by atoms with Crippen molar-refractivity contribution in [3.63, 3.8) is 0 Å². The van der Waals surface area contributed by atoms with Gasteiger partial charge in [-0.05, 0) is 25.5 Å². The van der Waals surface area contributed by atoms with Crippen molar-refractivity contribution in [2.75, 3.05) is 6.61 Å². The van der Waals surface area contributed by atoms with Gasteiger partial charge in [-0.15, -0.1) is 0 Å². The molecule has 0 saturated carbocycles. The van der Waals surface area contributed by atoms with Crippen molar-refractivity contribution in [2.45, 2.75) is 19.8 Å². The van der Waals surface area contributed by atoms with Crippen LogP contribution in [0.25, 0.3) is 0 Å². The Morgan fingerprint density at radius 1 is 1.00 bits per heavy atom. The van der Waals surface area contributed by atoms with Crippen LogP contribution >= 0.6 is 0 Å². The van der Waals surface area contributed by atoms with Crippen LogP contribution in [-0.2, 0) is 5.92 Å². The number of hydrogen-bond donors (Lipinski definition) is 0. The second-order valence-electron chi connectivity index (χ2n) is 4.63. The molecule has 0 amide bonds. The molecule has 0 N–H and O–H groups in total. The minimum atomic E-state index is -2.99. The van der Waals surface area contributed by atoms with Crippen molar-refractivity contribution in [3.8, 4) is 5.75 Å². The number of benzene rings is 2. The van der Waals surface area contributed by atoms with Crippen LogP contribution in [0.5, 0.6) is 5.75 Å². The molecule has 0 aromatic heterocycles. The van der Waals surface area contributed by atoms with Crippen molar-refractivity contribution in [3.05, 3.63) is 65.2 Å². The molecule has 3 heteroatoms. The number of ether oxygens (including phenoxy) is 1. The summed E-state index contributed by atoms with van der Waals surface area (Å²) in [6.07, 6.45) is 0. The lowest BCUT2D eigenvalue weighted by molar-refractivity contribution is -0.0468. The van der Waals surface area contributed by atoms with E-state index < -0.39 is 12.5 Å². The quantitative estimate of drug-likeness (QED) is 0.789. The van der Waals surface area contributed by atoms with E-state index in [9.17, 15) is 8.78 Å². The molecule has 0 heterocycles. The van der Waals surface area contributed by atoms with Gasteiger partial charge in [0.25, 0.3) is 0 Å². The Bertz CT molecular complexity index is 550. The van der Waals surface area contributed by atoms with E-state index in [-0.39, 0.29) is 5.56 Å². The maximum absolute atomic E-state index is 13.9. The maximum Gasteiger partial charge on any atom is 0.306 e. The summed E-state index contributed by atoms with van der Waals surface area (Å²) in [6, 6.07) is 13.2. The average Bonchev–Trinajstić information content (AvgIpc) is 2.39. The van der Waals surface area contributed by atoms with E-state index in [0.717, 1.165) is 11.1 Å². The van der Waals surface area contributed by atoms with Gasteiger partial charge in [0.1, 0.15) is 5.75 Å². The average molecular weight is 262 g/mol. The fourth-order valence-electron chi connectivity index (χ4n) is 1.89. The monoisotopic (exact) mass is 262 g/mol. The smallest absolute Gasteiger partial charge is 0.306 e. The van der Waals surface area contributed by atoms with E-state index in [1.807, 2.05) is 26.0 Å². The molecule has 0 bridgehead atoms. The van der Waals surface area contributed by atoms with Crippen LogP contribution in [0.2, 0.25) is 0 Å². The second kappa shape index (κ2) is 5.39. The highest BCUT2D eigenvalue weighted by molar-refractivity contribution is 5.35. The van der Waals surface area contributed by atoms with E-state index in [2.05, 4.69) is 0 Å². The minimum absolute atomic E-state index is 0.0280. The summed E-state index contributed by atoms with van der Waals surface area (Å²) in [4.78, 5) is 0. The van der Waals surface area contributed by atoms with Gasteiger partial charge >= 0.3 is 5.92 Å². The standard InChI is InChI=1S/C16H16F2O/c1-12-8-9-15(13(2)10-12)19-11-16(17,18)14-6-4-3-5-7-14/h3-10H,11H2,1-2H3. The largest absolute Gasteiger partial charge is 0.487 e. The summed E-state index contributed by atoms with van der Waals surface area (Å²) < 4.78 is 33.1. The molecule has 2 aromatic carbocycles. The fourth-order valence-corrected chi connectivity index (χ4v) is 1.89. The Balaban J connectivity index is 2.09. The highest BCUT2D eigenvalue weighted by Crippen LogP contribution is 2.29. The highest BCUT2D eigenvalue weighted by atomic mass is 19.3. The van der Waals surface area contributed by atoms with Gasteiger partial charge in [0, 0.05) is 5.56 Å². The normalized spacial score (nSPS) is 11.4. The van der Waals surface area contributed by atoms with Gasteiger partial charge in [-0.3, -0.25) is 0 Å². The first kappa shape index (κ1) is 13.5. The topological polar surface area (TPSA) is 9.23 Å². The highest BCUT2D eigenvalue weighted by Gasteiger charge is 2.32. The Hall–Kier alpha value is -1.90. The van der Waals surface area contributed by atoms with E-state index in [0.29, 0.717) is 5.75 Å². The molecule has 2 aromatic rings. The van der Waals surface area contributed by atoms with Gasteiger partial charge < -0.3 is 4.74 Å². The zero-order valence-electron chi connectivity index (χ0n) is 11.0. The lowest BCUT2D eigenvalue weighted by Gasteiger charge is -2.18. The minimum Gasteiger partial charge on any atom is -0.487 e. The molecular formula is C16H16F2O. The zero-order valence-corrected chi connectivity index (χ0v) is 11.0. The summed E-state index contributed by atoms with van der Waals surface area (Å²) in [5.74, 6) is -2.49. The SMILES string of the molecule is Cc1ccc(OCC(F)(F)c2ccccc2)c(C)c1. The van der Waals surface area contributed by atoms with E-state index >= 15 is 0 Å². The van der Waals surface area contributed by atoms with E-state index in [1.54, 1.807) is 24.3 Å². The van der Waals surface area contributed by atoms with Gasteiger partial charge in [-0.2, -0.15) is 8.78 Å². The van der Waals surface area contributed by atoms with Crippen molar-refractivity contribution in [1.82, 2.24) is 0 Å². The molecule has 0 fully saturated rings. The van der Waals surface area contributed by atoms with Gasteiger partial charge in [0.15, 0.2) is 6.61 Å². The van der Waals surface area contributed by atoms with E-state index in [1.165, 1.54) is 12.1 Å². The molecule has 0 aliphatic heterocycles. The first-order chi connectivity index (χ1) is 8.99. The third-order valence-corrected chi connectivity index (χ3v) is 2.94. The lowest BCUT2D eigenvalue weighted by atomic mass is 10.1. The summed E-state index contributed by atoms with van der Waals surface area (Å²) in [5, 5.41) is 0. The molecule has 0 spiro atoms. The van der Waals surface area contributed by atoms with Crippen LogP contribution in [0.4, 0.5) is 8.78 Å². The Labute approximate surface area is 111 Å².